The highest BCUT2D eigenvalue weighted by Crippen LogP contribution is 2.32. The topological polar surface area (TPSA) is 77.1 Å². The van der Waals surface area contributed by atoms with E-state index < -0.39 is 0 Å². The quantitative estimate of drug-likeness (QED) is 0.813. The van der Waals surface area contributed by atoms with Crippen molar-refractivity contribution in [1.82, 2.24) is 0 Å². The van der Waals surface area contributed by atoms with Crippen LogP contribution in [-0.2, 0) is 20.7 Å². The Kier molecular flexibility index (Phi) is 5.67. The van der Waals surface area contributed by atoms with Crippen LogP contribution in [0.25, 0.3) is 0 Å². The first-order valence-electron chi connectivity index (χ1n) is 9.77. The van der Waals surface area contributed by atoms with Gasteiger partial charge < -0.3 is 24.4 Å². The highest BCUT2D eigenvalue weighted by Gasteiger charge is 2.32. The lowest BCUT2D eigenvalue weighted by molar-refractivity contribution is -0.127. The normalized spacial score (nSPS) is 17.7. The van der Waals surface area contributed by atoms with Crippen molar-refractivity contribution in [2.75, 3.05) is 37.1 Å². The molecule has 0 bridgehead atoms. The minimum absolute atomic E-state index is 0.00392. The van der Waals surface area contributed by atoms with E-state index in [9.17, 15) is 9.59 Å². The number of hydrogen-bond acceptors (Lipinski definition) is 5. The molecule has 1 N–H and O–H groups in total. The molecule has 29 heavy (non-hydrogen) atoms. The van der Waals surface area contributed by atoms with Crippen LogP contribution in [0.5, 0.6) is 11.5 Å². The van der Waals surface area contributed by atoms with Crippen LogP contribution in [0.1, 0.15) is 18.4 Å². The van der Waals surface area contributed by atoms with Gasteiger partial charge in [-0.25, -0.2) is 0 Å². The van der Waals surface area contributed by atoms with Crippen LogP contribution < -0.4 is 19.7 Å². The Morgan fingerprint density at radius 1 is 1.21 bits per heavy atom. The molecular weight excluding hydrogens is 372 g/mol. The number of rotatable bonds is 6. The Labute approximate surface area is 169 Å². The van der Waals surface area contributed by atoms with E-state index in [4.69, 9.17) is 14.2 Å². The summed E-state index contributed by atoms with van der Waals surface area (Å²) in [7, 11) is 1.55. The number of carbonyl (C=O) groups is 2. The fraction of sp³-hybridized carbons (Fsp3) is 0.364. The largest absolute Gasteiger partial charge is 0.493 e. The summed E-state index contributed by atoms with van der Waals surface area (Å²) in [6.07, 6.45) is 2.13. The van der Waals surface area contributed by atoms with E-state index in [1.165, 1.54) is 0 Å². The van der Waals surface area contributed by atoms with Crippen LogP contribution in [0.2, 0.25) is 0 Å². The molecule has 2 heterocycles. The van der Waals surface area contributed by atoms with Gasteiger partial charge >= 0.3 is 0 Å². The summed E-state index contributed by atoms with van der Waals surface area (Å²) in [6.45, 7) is 1.14. The minimum atomic E-state index is -0.353. The molecule has 4 rings (SSSR count). The molecule has 0 spiro atoms. The van der Waals surface area contributed by atoms with E-state index in [1.54, 1.807) is 24.1 Å². The second kappa shape index (κ2) is 8.53. The molecule has 1 saturated heterocycles. The monoisotopic (exact) mass is 396 g/mol. The zero-order chi connectivity index (χ0) is 20.2. The van der Waals surface area contributed by atoms with Crippen LogP contribution in [0.3, 0.4) is 0 Å². The van der Waals surface area contributed by atoms with Crippen molar-refractivity contribution in [1.29, 1.82) is 0 Å². The third-order valence-corrected chi connectivity index (χ3v) is 5.16. The number of methoxy groups -OCH3 is 1. The van der Waals surface area contributed by atoms with Crippen LogP contribution in [0.4, 0.5) is 11.4 Å². The molecular formula is C22H24N2O5. The van der Waals surface area contributed by atoms with Crippen molar-refractivity contribution >= 4 is 23.2 Å². The van der Waals surface area contributed by atoms with Crippen LogP contribution in [0, 0.1) is 0 Å². The third kappa shape index (κ3) is 4.19. The molecule has 0 saturated carbocycles. The molecule has 1 atom stereocenters. The SMILES string of the molecule is COc1ccccc1OCC(=O)Nc1ccc2c(c1)N(C(=O)[C@H]1CCCO1)CC2. The Bertz CT molecular complexity index is 908. The number of para-hydroxylation sites is 2. The summed E-state index contributed by atoms with van der Waals surface area (Å²) in [5, 5.41) is 2.83. The number of amides is 2. The number of ether oxygens (including phenoxy) is 3. The second-order valence-electron chi connectivity index (χ2n) is 7.07. The van der Waals surface area contributed by atoms with Crippen molar-refractivity contribution in [2.24, 2.45) is 0 Å². The van der Waals surface area contributed by atoms with Gasteiger partial charge in [0.25, 0.3) is 11.8 Å². The number of hydrogen-bond donors (Lipinski definition) is 1. The smallest absolute Gasteiger partial charge is 0.262 e. The number of carbonyl (C=O) groups excluding carboxylic acids is 2. The predicted octanol–water partition coefficient (Wildman–Crippen LogP) is 2.78. The predicted molar refractivity (Wildman–Crippen MR) is 109 cm³/mol. The lowest BCUT2D eigenvalue weighted by Crippen LogP contribution is -2.37. The Hall–Kier alpha value is -3.06. The maximum absolute atomic E-state index is 12.7. The van der Waals surface area contributed by atoms with Gasteiger partial charge in [0.1, 0.15) is 6.10 Å². The van der Waals surface area contributed by atoms with Gasteiger partial charge in [0.15, 0.2) is 18.1 Å². The highest BCUT2D eigenvalue weighted by atomic mass is 16.5. The first-order valence-corrected chi connectivity index (χ1v) is 9.77. The molecule has 0 unspecified atom stereocenters. The van der Waals surface area contributed by atoms with Gasteiger partial charge in [-0.3, -0.25) is 9.59 Å². The average Bonchev–Trinajstić information content (AvgIpc) is 3.42. The number of benzene rings is 2. The third-order valence-electron chi connectivity index (χ3n) is 5.16. The van der Waals surface area contributed by atoms with Crippen molar-refractivity contribution in [3.8, 4) is 11.5 Å². The molecule has 7 nitrogen and oxygen atoms in total. The van der Waals surface area contributed by atoms with Crippen LogP contribution in [-0.4, -0.2) is 44.8 Å². The highest BCUT2D eigenvalue weighted by molar-refractivity contribution is 6.00. The Morgan fingerprint density at radius 2 is 2.03 bits per heavy atom. The molecule has 7 heteroatoms. The number of fused-ring (bicyclic) bond motifs is 1. The first-order chi connectivity index (χ1) is 14.2. The number of anilines is 2. The summed E-state index contributed by atoms with van der Waals surface area (Å²) in [5.74, 6) is 0.795. The second-order valence-corrected chi connectivity index (χ2v) is 7.07. The molecule has 2 aliphatic rings. The van der Waals surface area contributed by atoms with Gasteiger partial charge in [-0.2, -0.15) is 0 Å². The van der Waals surface area contributed by atoms with Crippen molar-refractivity contribution in [3.63, 3.8) is 0 Å². The van der Waals surface area contributed by atoms with Crippen molar-refractivity contribution in [3.05, 3.63) is 48.0 Å². The van der Waals surface area contributed by atoms with E-state index in [-0.39, 0.29) is 24.5 Å². The zero-order valence-corrected chi connectivity index (χ0v) is 16.3. The summed E-state index contributed by atoms with van der Waals surface area (Å²) in [6, 6.07) is 12.8. The van der Waals surface area contributed by atoms with Gasteiger partial charge in [-0.1, -0.05) is 18.2 Å². The Balaban J connectivity index is 1.40. The molecule has 2 aliphatic heterocycles. The molecule has 1 fully saturated rings. The van der Waals surface area contributed by atoms with Crippen molar-refractivity contribution in [2.45, 2.75) is 25.4 Å². The number of nitrogens with zero attached hydrogens (tertiary/aromatic N) is 1. The maximum Gasteiger partial charge on any atom is 0.262 e. The van der Waals surface area contributed by atoms with E-state index in [1.807, 2.05) is 30.3 Å². The van der Waals surface area contributed by atoms with Crippen LogP contribution >= 0.6 is 0 Å². The first kappa shape index (κ1) is 19.3. The summed E-state index contributed by atoms with van der Waals surface area (Å²) in [4.78, 5) is 26.8. The fourth-order valence-corrected chi connectivity index (χ4v) is 3.71. The lowest BCUT2D eigenvalue weighted by Gasteiger charge is -2.21. The summed E-state index contributed by atoms with van der Waals surface area (Å²) in [5.41, 5.74) is 2.57. The standard InChI is InChI=1S/C22H24N2O5/c1-27-18-5-2-3-6-19(18)29-14-21(25)23-16-9-8-15-10-11-24(17(15)13-16)22(26)20-7-4-12-28-20/h2-3,5-6,8-9,13,20H,4,7,10-12,14H2,1H3,(H,23,25)/t20-/m1/s1. The molecule has 2 amide bonds. The van der Waals surface area contributed by atoms with Gasteiger partial charge in [0.05, 0.1) is 7.11 Å². The molecule has 152 valence electrons. The zero-order valence-electron chi connectivity index (χ0n) is 16.3. The van der Waals surface area contributed by atoms with Gasteiger partial charge in [0, 0.05) is 24.5 Å². The van der Waals surface area contributed by atoms with Gasteiger partial charge in [0.2, 0.25) is 0 Å². The van der Waals surface area contributed by atoms with Crippen molar-refractivity contribution < 1.29 is 23.8 Å². The molecule has 0 aromatic heterocycles. The average molecular weight is 396 g/mol. The number of nitrogens with one attached hydrogen (secondary N) is 1. The maximum atomic E-state index is 12.7. The molecule has 2 aromatic carbocycles. The molecule has 0 radical (unpaired) electrons. The van der Waals surface area contributed by atoms with E-state index in [0.717, 1.165) is 30.5 Å². The van der Waals surface area contributed by atoms with Crippen LogP contribution in [0.15, 0.2) is 42.5 Å². The van der Waals surface area contributed by atoms with Gasteiger partial charge in [-0.05, 0) is 49.1 Å². The molecule has 0 aliphatic carbocycles. The minimum Gasteiger partial charge on any atom is -0.493 e. The van der Waals surface area contributed by atoms with E-state index in [2.05, 4.69) is 5.32 Å². The summed E-state index contributed by atoms with van der Waals surface area (Å²) >= 11 is 0. The van der Waals surface area contributed by atoms with E-state index in [0.29, 0.717) is 30.3 Å². The fourth-order valence-electron chi connectivity index (χ4n) is 3.71. The summed E-state index contributed by atoms with van der Waals surface area (Å²) < 4.78 is 16.3. The van der Waals surface area contributed by atoms with Gasteiger partial charge in [-0.15, -0.1) is 0 Å². The molecule has 2 aromatic rings. The van der Waals surface area contributed by atoms with E-state index >= 15 is 0 Å². The Morgan fingerprint density at radius 3 is 2.79 bits per heavy atom. The lowest BCUT2D eigenvalue weighted by atomic mass is 10.1.